The summed E-state index contributed by atoms with van der Waals surface area (Å²) in [4.78, 5) is 12.0. The Bertz CT molecular complexity index is 1090. The average Bonchev–Trinajstić information content (AvgIpc) is 2.77. The lowest BCUT2D eigenvalue weighted by atomic mass is 10.1. The van der Waals surface area contributed by atoms with E-state index in [2.05, 4.69) is 10.6 Å². The van der Waals surface area contributed by atoms with Crippen LogP contribution in [-0.4, -0.2) is 13.0 Å². The summed E-state index contributed by atoms with van der Waals surface area (Å²) in [5.41, 5.74) is 3.37. The summed E-state index contributed by atoms with van der Waals surface area (Å²) in [6.45, 7) is 4.50. The molecule has 3 aromatic rings. The number of hydrogen-bond donors (Lipinski definition) is 2. The van der Waals surface area contributed by atoms with Crippen LogP contribution >= 0.6 is 23.2 Å². The number of methoxy groups -OCH3 is 1. The molecule has 3 aromatic carbocycles. The molecule has 1 amide bonds. The van der Waals surface area contributed by atoms with E-state index in [0.717, 1.165) is 22.5 Å². The highest BCUT2D eigenvalue weighted by Crippen LogP contribution is 2.33. The van der Waals surface area contributed by atoms with Crippen molar-refractivity contribution < 1.29 is 14.3 Å². The van der Waals surface area contributed by atoms with Gasteiger partial charge in [0, 0.05) is 45.0 Å². The van der Waals surface area contributed by atoms with Gasteiger partial charge < -0.3 is 20.1 Å². The number of anilines is 2. The first-order chi connectivity index (χ1) is 15.4. The predicted octanol–water partition coefficient (Wildman–Crippen LogP) is 6.79. The number of rotatable bonds is 9. The van der Waals surface area contributed by atoms with Crippen LogP contribution < -0.4 is 20.1 Å². The first-order valence-corrected chi connectivity index (χ1v) is 11.0. The highest BCUT2D eigenvalue weighted by Gasteiger charge is 2.13. The molecule has 0 aliphatic heterocycles. The molecule has 7 heteroatoms. The number of hydrogen-bond acceptors (Lipinski definition) is 4. The average molecular weight is 473 g/mol. The lowest BCUT2D eigenvalue weighted by Crippen LogP contribution is -2.17. The summed E-state index contributed by atoms with van der Waals surface area (Å²) in [5.74, 6) is 1.16. The van der Waals surface area contributed by atoms with Crippen molar-refractivity contribution in [3.8, 4) is 11.5 Å². The van der Waals surface area contributed by atoms with Crippen molar-refractivity contribution in [1.82, 2.24) is 0 Å². The van der Waals surface area contributed by atoms with Gasteiger partial charge in [0.15, 0.2) is 11.5 Å². The second-order valence-electron chi connectivity index (χ2n) is 7.55. The molecule has 0 unspecified atom stereocenters. The van der Waals surface area contributed by atoms with Crippen LogP contribution in [-0.2, 0) is 17.9 Å². The van der Waals surface area contributed by atoms with E-state index in [1.165, 1.54) is 0 Å². The summed E-state index contributed by atoms with van der Waals surface area (Å²) >= 11 is 12.3. The molecule has 168 valence electrons. The SMILES string of the molecule is COc1cccc(CNc2cccc(NC(=O)C(C)C)c2)c1OCc1ccc(Cl)cc1Cl. The van der Waals surface area contributed by atoms with Crippen LogP contribution in [0.15, 0.2) is 60.7 Å². The van der Waals surface area contributed by atoms with Crippen molar-refractivity contribution in [3.05, 3.63) is 81.8 Å². The summed E-state index contributed by atoms with van der Waals surface area (Å²) in [6, 6.07) is 18.6. The molecule has 5 nitrogen and oxygen atoms in total. The molecule has 0 saturated heterocycles. The van der Waals surface area contributed by atoms with Crippen molar-refractivity contribution in [2.24, 2.45) is 5.92 Å². The summed E-state index contributed by atoms with van der Waals surface area (Å²) < 4.78 is 11.6. The number of halogens is 2. The van der Waals surface area contributed by atoms with Gasteiger partial charge in [-0.2, -0.15) is 0 Å². The zero-order valence-electron chi connectivity index (χ0n) is 18.2. The molecular formula is C25H26Cl2N2O3. The van der Waals surface area contributed by atoms with Gasteiger partial charge in [0.1, 0.15) is 6.61 Å². The topological polar surface area (TPSA) is 59.6 Å². The van der Waals surface area contributed by atoms with Gasteiger partial charge in [0.05, 0.1) is 7.11 Å². The van der Waals surface area contributed by atoms with E-state index in [0.29, 0.717) is 28.1 Å². The maximum Gasteiger partial charge on any atom is 0.226 e. The fourth-order valence-corrected chi connectivity index (χ4v) is 3.47. The Labute approximate surface area is 198 Å². The van der Waals surface area contributed by atoms with Gasteiger partial charge in [0.2, 0.25) is 5.91 Å². The van der Waals surface area contributed by atoms with Crippen LogP contribution in [0.25, 0.3) is 0 Å². The first kappa shape index (κ1) is 23.8. The minimum absolute atomic E-state index is 0.0218. The normalized spacial score (nSPS) is 10.7. The molecule has 0 aliphatic carbocycles. The number of amides is 1. The van der Waals surface area contributed by atoms with Gasteiger partial charge in [-0.25, -0.2) is 0 Å². The lowest BCUT2D eigenvalue weighted by Gasteiger charge is -2.17. The lowest BCUT2D eigenvalue weighted by molar-refractivity contribution is -0.118. The zero-order chi connectivity index (χ0) is 23.1. The Morgan fingerprint density at radius 1 is 0.969 bits per heavy atom. The minimum atomic E-state index is -0.0859. The van der Waals surface area contributed by atoms with E-state index >= 15 is 0 Å². The van der Waals surface area contributed by atoms with Crippen molar-refractivity contribution in [2.75, 3.05) is 17.7 Å². The first-order valence-electron chi connectivity index (χ1n) is 10.2. The molecule has 0 saturated carbocycles. The molecule has 32 heavy (non-hydrogen) atoms. The fraction of sp³-hybridized carbons (Fsp3) is 0.240. The van der Waals surface area contributed by atoms with Crippen LogP contribution in [0.3, 0.4) is 0 Å². The third-order valence-corrected chi connectivity index (χ3v) is 5.39. The molecule has 0 heterocycles. The van der Waals surface area contributed by atoms with Crippen molar-refractivity contribution in [1.29, 1.82) is 0 Å². The highest BCUT2D eigenvalue weighted by molar-refractivity contribution is 6.35. The van der Waals surface area contributed by atoms with E-state index in [-0.39, 0.29) is 18.4 Å². The molecule has 0 radical (unpaired) electrons. The van der Waals surface area contributed by atoms with Crippen molar-refractivity contribution >= 4 is 40.5 Å². The van der Waals surface area contributed by atoms with Crippen molar-refractivity contribution in [2.45, 2.75) is 27.0 Å². The Hall–Kier alpha value is -2.89. The Kier molecular flexibility index (Phi) is 8.26. The number of nitrogens with one attached hydrogen (secondary N) is 2. The van der Waals surface area contributed by atoms with Crippen LogP contribution in [0.1, 0.15) is 25.0 Å². The van der Waals surface area contributed by atoms with Gasteiger partial charge in [-0.1, -0.05) is 61.3 Å². The third kappa shape index (κ3) is 6.31. The maximum atomic E-state index is 12.0. The number of carbonyl (C=O) groups is 1. The molecule has 0 aliphatic rings. The molecule has 0 fully saturated rings. The van der Waals surface area contributed by atoms with Crippen molar-refractivity contribution in [3.63, 3.8) is 0 Å². The molecule has 3 rings (SSSR count). The molecule has 0 aromatic heterocycles. The van der Waals surface area contributed by atoms with Crippen LogP contribution in [0.4, 0.5) is 11.4 Å². The standard InChI is InChI=1S/C25H26Cl2N2O3/c1-16(2)25(30)29-21-8-5-7-20(13-21)28-14-17-6-4-9-23(31-3)24(17)32-15-18-10-11-19(26)12-22(18)27/h4-13,16,28H,14-15H2,1-3H3,(H,29,30). The number of para-hydroxylation sites is 1. The third-order valence-electron chi connectivity index (χ3n) is 4.80. The quantitative estimate of drug-likeness (QED) is 0.359. The second kappa shape index (κ2) is 11.1. The molecule has 2 N–H and O–H groups in total. The monoisotopic (exact) mass is 472 g/mol. The fourth-order valence-electron chi connectivity index (χ4n) is 3.00. The molecule has 0 bridgehead atoms. The smallest absolute Gasteiger partial charge is 0.226 e. The molecular weight excluding hydrogens is 447 g/mol. The summed E-state index contributed by atoms with van der Waals surface area (Å²) in [5, 5.41) is 7.42. The molecule has 0 atom stereocenters. The maximum absolute atomic E-state index is 12.0. The minimum Gasteiger partial charge on any atom is -0.493 e. The number of benzene rings is 3. The van der Waals surface area contributed by atoms with Crippen LogP contribution in [0, 0.1) is 5.92 Å². The van der Waals surface area contributed by atoms with Gasteiger partial charge >= 0.3 is 0 Å². The zero-order valence-corrected chi connectivity index (χ0v) is 19.8. The Balaban J connectivity index is 1.74. The Morgan fingerprint density at radius 3 is 2.44 bits per heavy atom. The Morgan fingerprint density at radius 2 is 1.72 bits per heavy atom. The van der Waals surface area contributed by atoms with E-state index in [9.17, 15) is 4.79 Å². The van der Waals surface area contributed by atoms with Gasteiger partial charge in [-0.3, -0.25) is 4.79 Å². The van der Waals surface area contributed by atoms with E-state index in [4.69, 9.17) is 32.7 Å². The van der Waals surface area contributed by atoms with E-state index in [1.807, 2.05) is 62.4 Å². The number of carbonyl (C=O) groups excluding carboxylic acids is 1. The van der Waals surface area contributed by atoms with Gasteiger partial charge in [-0.15, -0.1) is 0 Å². The largest absolute Gasteiger partial charge is 0.493 e. The van der Waals surface area contributed by atoms with E-state index in [1.54, 1.807) is 19.2 Å². The highest BCUT2D eigenvalue weighted by atomic mass is 35.5. The van der Waals surface area contributed by atoms with Gasteiger partial charge in [-0.05, 0) is 36.4 Å². The summed E-state index contributed by atoms with van der Waals surface area (Å²) in [7, 11) is 1.61. The van der Waals surface area contributed by atoms with Crippen LogP contribution in [0.2, 0.25) is 10.0 Å². The van der Waals surface area contributed by atoms with Gasteiger partial charge in [0.25, 0.3) is 0 Å². The second-order valence-corrected chi connectivity index (χ2v) is 8.39. The predicted molar refractivity (Wildman–Crippen MR) is 131 cm³/mol. The van der Waals surface area contributed by atoms with Crippen LogP contribution in [0.5, 0.6) is 11.5 Å². The summed E-state index contributed by atoms with van der Waals surface area (Å²) in [6.07, 6.45) is 0. The number of ether oxygens (including phenoxy) is 2. The van der Waals surface area contributed by atoms with E-state index < -0.39 is 0 Å². The molecule has 0 spiro atoms.